The van der Waals surface area contributed by atoms with Crippen LogP contribution in [0.2, 0.25) is 5.02 Å². The summed E-state index contributed by atoms with van der Waals surface area (Å²) in [6, 6.07) is 5.01. The predicted molar refractivity (Wildman–Crippen MR) is 109 cm³/mol. The fourth-order valence-electron chi connectivity index (χ4n) is 3.20. The van der Waals surface area contributed by atoms with Crippen LogP contribution in [0.4, 0.5) is 4.39 Å². The van der Waals surface area contributed by atoms with E-state index in [1.165, 1.54) is 12.3 Å². The van der Waals surface area contributed by atoms with Gasteiger partial charge in [0.25, 0.3) is 0 Å². The largest absolute Gasteiger partial charge is 0.461 e. The Labute approximate surface area is 171 Å². The van der Waals surface area contributed by atoms with E-state index in [1.807, 2.05) is 13.0 Å². The molecule has 9 heteroatoms. The molecule has 3 rings (SSSR count). The van der Waals surface area contributed by atoms with Crippen molar-refractivity contribution in [1.29, 1.82) is 0 Å². The number of nitrogens with two attached hydrogens (primary N) is 1. The summed E-state index contributed by atoms with van der Waals surface area (Å²) in [6.45, 7) is 3.10. The molecule has 2 atom stereocenters. The molecule has 0 amide bonds. The van der Waals surface area contributed by atoms with E-state index >= 15 is 0 Å². The number of carbonyl (C=O) groups excluding carboxylic acids is 1. The van der Waals surface area contributed by atoms with Gasteiger partial charge >= 0.3 is 0 Å². The minimum atomic E-state index is -0.992. The molecule has 0 spiro atoms. The van der Waals surface area contributed by atoms with Crippen LogP contribution < -0.4 is 10.5 Å². The third-order valence-electron chi connectivity index (χ3n) is 4.41. The van der Waals surface area contributed by atoms with E-state index in [-0.39, 0.29) is 28.7 Å². The topological polar surface area (TPSA) is 90.5 Å². The summed E-state index contributed by atoms with van der Waals surface area (Å²) in [5.41, 5.74) is 7.08. The summed E-state index contributed by atoms with van der Waals surface area (Å²) in [7, 11) is 0. The zero-order valence-corrected chi connectivity index (χ0v) is 17.1. The van der Waals surface area contributed by atoms with Crippen LogP contribution in [0.5, 0.6) is 5.75 Å². The molecule has 1 aliphatic rings. The van der Waals surface area contributed by atoms with Crippen molar-refractivity contribution in [2.75, 3.05) is 6.86 Å². The molecular weight excluding hydrogens is 403 g/mol. The molecule has 2 N–H and O–H groups in total. The molecule has 6 nitrogen and oxygen atoms in total. The van der Waals surface area contributed by atoms with E-state index in [0.29, 0.717) is 10.4 Å². The van der Waals surface area contributed by atoms with Gasteiger partial charge in [0.1, 0.15) is 17.0 Å². The van der Waals surface area contributed by atoms with Gasteiger partial charge < -0.3 is 10.5 Å². The number of thioether (sulfide) groups is 1. The van der Waals surface area contributed by atoms with Gasteiger partial charge in [0.05, 0.1) is 16.9 Å². The Morgan fingerprint density at radius 2 is 2.25 bits per heavy atom. The predicted octanol–water partition coefficient (Wildman–Crippen LogP) is 3.92. The number of ether oxygens (including phenoxy) is 1. The molecule has 2 aromatic rings. The number of rotatable bonds is 6. The highest BCUT2D eigenvalue weighted by molar-refractivity contribution is 8.14. The van der Waals surface area contributed by atoms with Crippen LogP contribution >= 0.6 is 23.4 Å². The van der Waals surface area contributed by atoms with Crippen LogP contribution in [0, 0.1) is 0 Å². The van der Waals surface area contributed by atoms with Crippen molar-refractivity contribution in [2.24, 2.45) is 10.7 Å². The van der Waals surface area contributed by atoms with Crippen molar-refractivity contribution in [2.45, 2.75) is 37.5 Å². The average molecular weight is 423 g/mol. The lowest BCUT2D eigenvalue weighted by molar-refractivity contribution is 0.0988. The summed E-state index contributed by atoms with van der Waals surface area (Å²) >= 11 is 7.65. The molecule has 0 unspecified atom stereocenters. The Kier molecular flexibility index (Phi) is 6.20. The Bertz CT molecular complexity index is 927. The first-order chi connectivity index (χ1) is 13.3. The molecule has 1 aliphatic heterocycles. The third-order valence-corrected chi connectivity index (χ3v) is 5.60. The van der Waals surface area contributed by atoms with Crippen molar-refractivity contribution >= 4 is 34.3 Å². The maximum atomic E-state index is 12.6. The molecule has 0 aromatic carbocycles. The SMILES string of the molecule is C[C@@H]1C[C@@](C)(c2cc(CC(=O)c3ncc(OCF)cc3Cl)ccn2)N=C(N)S1. The summed E-state index contributed by atoms with van der Waals surface area (Å²) in [6.07, 6.45) is 3.84. The maximum absolute atomic E-state index is 12.6. The number of amidine groups is 1. The monoisotopic (exact) mass is 422 g/mol. The molecule has 0 bridgehead atoms. The number of hydrogen-bond donors (Lipinski definition) is 1. The number of aromatic nitrogens is 2. The van der Waals surface area contributed by atoms with Gasteiger partial charge in [-0.1, -0.05) is 30.3 Å². The zero-order valence-electron chi connectivity index (χ0n) is 15.5. The van der Waals surface area contributed by atoms with Crippen LogP contribution in [-0.2, 0) is 12.0 Å². The van der Waals surface area contributed by atoms with Gasteiger partial charge in [-0.05, 0) is 31.0 Å². The molecule has 28 heavy (non-hydrogen) atoms. The number of halogens is 2. The van der Waals surface area contributed by atoms with Crippen LogP contribution in [0.15, 0.2) is 35.6 Å². The molecule has 148 valence electrons. The Hall–Kier alpha value is -2.19. The number of pyridine rings is 2. The summed E-state index contributed by atoms with van der Waals surface area (Å²) < 4.78 is 16.9. The van der Waals surface area contributed by atoms with Gasteiger partial charge in [-0.25, -0.2) is 14.4 Å². The van der Waals surface area contributed by atoms with Crippen molar-refractivity contribution in [3.8, 4) is 5.75 Å². The third kappa shape index (κ3) is 4.62. The first-order valence-electron chi connectivity index (χ1n) is 8.65. The van der Waals surface area contributed by atoms with E-state index < -0.39 is 12.4 Å². The second-order valence-corrected chi connectivity index (χ2v) is 8.63. The minimum absolute atomic E-state index is 0.102. The van der Waals surface area contributed by atoms with E-state index in [9.17, 15) is 9.18 Å². The summed E-state index contributed by atoms with van der Waals surface area (Å²) in [4.78, 5) is 25.7. The molecule has 0 fully saturated rings. The lowest BCUT2D eigenvalue weighted by Gasteiger charge is -2.32. The van der Waals surface area contributed by atoms with E-state index in [2.05, 4.69) is 21.9 Å². The van der Waals surface area contributed by atoms with Crippen molar-refractivity contribution in [3.05, 3.63) is 52.6 Å². The highest BCUT2D eigenvalue weighted by Crippen LogP contribution is 2.38. The van der Waals surface area contributed by atoms with Gasteiger partial charge in [0, 0.05) is 23.9 Å². The zero-order chi connectivity index (χ0) is 20.3. The first kappa shape index (κ1) is 20.5. The number of carbonyl (C=O) groups is 1. The van der Waals surface area contributed by atoms with E-state index in [1.54, 1.807) is 24.0 Å². The standard InChI is InChI=1S/C19H20ClFN4O2S/c1-11-8-19(2,25-18(22)28-11)16-6-12(3-4-23-16)5-15(26)17-14(20)7-13(9-24-17)27-10-21/h3-4,6-7,9,11H,5,8,10H2,1-2H3,(H2,22,25)/t11-,19+/m1/s1. The Morgan fingerprint density at radius 3 is 2.93 bits per heavy atom. The quantitative estimate of drug-likeness (QED) is 0.709. The van der Waals surface area contributed by atoms with Gasteiger partial charge in [-0.15, -0.1) is 0 Å². The van der Waals surface area contributed by atoms with E-state index in [0.717, 1.165) is 17.7 Å². The smallest absolute Gasteiger partial charge is 0.228 e. The number of nitrogens with zero attached hydrogens (tertiary/aromatic N) is 3. The maximum Gasteiger partial charge on any atom is 0.228 e. The fourth-order valence-corrected chi connectivity index (χ4v) is 4.54. The number of alkyl halides is 1. The molecule has 0 saturated heterocycles. The van der Waals surface area contributed by atoms with Crippen LogP contribution in [0.25, 0.3) is 0 Å². The second kappa shape index (κ2) is 8.45. The molecule has 0 aliphatic carbocycles. The number of aliphatic imine (C=N–C) groups is 1. The highest BCUT2D eigenvalue weighted by atomic mass is 35.5. The molecule has 0 radical (unpaired) electrons. The fraction of sp³-hybridized carbons (Fsp3) is 0.368. The highest BCUT2D eigenvalue weighted by Gasteiger charge is 2.34. The lowest BCUT2D eigenvalue weighted by Crippen LogP contribution is -2.33. The number of ketones is 1. The van der Waals surface area contributed by atoms with Crippen LogP contribution in [-0.4, -0.2) is 33.0 Å². The molecule has 3 heterocycles. The number of Topliss-reactive ketones (excluding diaryl/α,β-unsaturated/α-hetero) is 1. The molecule has 0 saturated carbocycles. The summed E-state index contributed by atoms with van der Waals surface area (Å²) in [5, 5.41) is 0.978. The van der Waals surface area contributed by atoms with Crippen molar-refractivity contribution < 1.29 is 13.9 Å². The Morgan fingerprint density at radius 1 is 1.46 bits per heavy atom. The van der Waals surface area contributed by atoms with Gasteiger partial charge in [0.2, 0.25) is 6.86 Å². The molecular formula is C19H20ClFN4O2S. The summed E-state index contributed by atoms with van der Waals surface area (Å²) in [5.74, 6) is -0.0856. The lowest BCUT2D eigenvalue weighted by atomic mass is 9.90. The van der Waals surface area contributed by atoms with Gasteiger partial charge in [0.15, 0.2) is 11.0 Å². The second-order valence-electron chi connectivity index (χ2n) is 6.76. The van der Waals surface area contributed by atoms with Crippen LogP contribution in [0.1, 0.15) is 42.0 Å². The number of hydrogen-bond acceptors (Lipinski definition) is 7. The van der Waals surface area contributed by atoms with Crippen molar-refractivity contribution in [1.82, 2.24) is 9.97 Å². The first-order valence-corrected chi connectivity index (χ1v) is 9.91. The van der Waals surface area contributed by atoms with Gasteiger partial charge in [-0.3, -0.25) is 9.78 Å². The van der Waals surface area contributed by atoms with E-state index in [4.69, 9.17) is 22.1 Å². The van der Waals surface area contributed by atoms with Crippen LogP contribution in [0.3, 0.4) is 0 Å². The van der Waals surface area contributed by atoms with Crippen molar-refractivity contribution in [3.63, 3.8) is 0 Å². The Balaban J connectivity index is 1.82. The van der Waals surface area contributed by atoms with Gasteiger partial charge in [-0.2, -0.15) is 0 Å². The average Bonchev–Trinajstić information content (AvgIpc) is 2.61. The normalized spacial score (nSPS) is 21.9. The molecule has 2 aromatic heterocycles. The minimum Gasteiger partial charge on any atom is -0.461 e.